The number of aromatic nitrogens is 1. The van der Waals surface area contributed by atoms with Crippen LogP contribution < -0.4 is 5.32 Å². The maximum Gasteiger partial charge on any atom is 0.185 e. The number of rotatable bonds is 2. The van der Waals surface area contributed by atoms with E-state index in [-0.39, 0.29) is 17.4 Å². The Bertz CT molecular complexity index is 696. The Morgan fingerprint density at radius 1 is 1.15 bits per heavy atom. The molecule has 0 saturated carbocycles. The molecule has 0 amide bonds. The smallest absolute Gasteiger partial charge is 0.185 e. The molecule has 20 heavy (non-hydrogen) atoms. The van der Waals surface area contributed by atoms with Crippen LogP contribution in [-0.4, -0.2) is 4.98 Å². The van der Waals surface area contributed by atoms with E-state index in [1.807, 2.05) is 0 Å². The predicted molar refractivity (Wildman–Crippen MR) is 63.2 cm³/mol. The fourth-order valence-corrected chi connectivity index (χ4v) is 1.60. The quantitative estimate of drug-likeness (QED) is 0.676. The highest BCUT2D eigenvalue weighted by molar-refractivity contribution is 5.65. The van der Waals surface area contributed by atoms with E-state index < -0.39 is 29.0 Å². The minimum atomic E-state index is -1.59. The van der Waals surface area contributed by atoms with Crippen molar-refractivity contribution >= 4 is 11.5 Å². The molecule has 7 heteroatoms. The number of hydrogen-bond donors (Lipinski definition) is 1. The number of halogens is 4. The van der Waals surface area contributed by atoms with Crippen molar-refractivity contribution in [2.24, 2.45) is 0 Å². The molecule has 0 bridgehead atoms. The van der Waals surface area contributed by atoms with Gasteiger partial charge in [-0.25, -0.2) is 22.5 Å². The van der Waals surface area contributed by atoms with Crippen LogP contribution in [0, 0.1) is 41.5 Å². The molecule has 2 rings (SSSR count). The lowest BCUT2D eigenvalue weighted by Crippen LogP contribution is -2.06. The van der Waals surface area contributed by atoms with Crippen LogP contribution in [0.25, 0.3) is 0 Å². The Balaban J connectivity index is 2.57. The molecular weight excluding hydrogens is 274 g/mol. The Morgan fingerprint density at radius 2 is 1.75 bits per heavy atom. The molecule has 0 spiro atoms. The van der Waals surface area contributed by atoms with Gasteiger partial charge in [0.25, 0.3) is 0 Å². The molecule has 2 aromatic rings. The van der Waals surface area contributed by atoms with E-state index in [2.05, 4.69) is 10.3 Å². The fourth-order valence-electron chi connectivity index (χ4n) is 1.60. The topological polar surface area (TPSA) is 48.7 Å². The summed E-state index contributed by atoms with van der Waals surface area (Å²) in [5, 5.41) is 11.1. The molecule has 0 aliphatic carbocycles. The van der Waals surface area contributed by atoms with Crippen molar-refractivity contribution in [2.75, 3.05) is 5.32 Å². The predicted octanol–water partition coefficient (Wildman–Crippen LogP) is 3.56. The third kappa shape index (κ3) is 2.28. The maximum absolute atomic E-state index is 13.5. The third-order valence-electron chi connectivity index (χ3n) is 2.63. The fraction of sp³-hybridized carbons (Fsp3) is 0.0769. The van der Waals surface area contributed by atoms with Gasteiger partial charge >= 0.3 is 0 Å². The average molecular weight is 281 g/mol. The number of aryl methyl sites for hydroxylation is 1. The zero-order chi connectivity index (χ0) is 14.9. The molecule has 0 unspecified atom stereocenters. The lowest BCUT2D eigenvalue weighted by molar-refractivity contribution is 0.459. The zero-order valence-corrected chi connectivity index (χ0v) is 10.1. The molecular formula is C13H7F4N3. The lowest BCUT2D eigenvalue weighted by atomic mass is 10.1. The molecule has 0 aliphatic heterocycles. The van der Waals surface area contributed by atoms with Gasteiger partial charge in [-0.05, 0) is 18.6 Å². The first-order chi connectivity index (χ1) is 9.45. The van der Waals surface area contributed by atoms with Gasteiger partial charge in [-0.2, -0.15) is 5.26 Å². The summed E-state index contributed by atoms with van der Waals surface area (Å²) >= 11 is 0. The molecule has 1 N–H and O–H groups in total. The molecule has 0 aliphatic rings. The van der Waals surface area contributed by atoms with Gasteiger partial charge in [0.15, 0.2) is 23.3 Å². The van der Waals surface area contributed by atoms with E-state index in [0.717, 1.165) is 0 Å². The van der Waals surface area contributed by atoms with Crippen molar-refractivity contribution in [3.8, 4) is 6.07 Å². The number of hydrogen-bond acceptors (Lipinski definition) is 3. The van der Waals surface area contributed by atoms with Crippen molar-refractivity contribution in [3.63, 3.8) is 0 Å². The normalized spacial score (nSPS) is 10.2. The Morgan fingerprint density at radius 3 is 2.30 bits per heavy atom. The van der Waals surface area contributed by atoms with Crippen LogP contribution >= 0.6 is 0 Å². The Kier molecular flexibility index (Phi) is 3.57. The van der Waals surface area contributed by atoms with Crippen LogP contribution in [0.5, 0.6) is 0 Å². The third-order valence-corrected chi connectivity index (χ3v) is 2.63. The monoisotopic (exact) mass is 281 g/mol. The zero-order valence-electron chi connectivity index (χ0n) is 10.1. The summed E-state index contributed by atoms with van der Waals surface area (Å²) in [4.78, 5) is 3.74. The molecule has 1 heterocycles. The van der Waals surface area contributed by atoms with Crippen molar-refractivity contribution in [2.45, 2.75) is 6.92 Å². The average Bonchev–Trinajstić information content (AvgIpc) is 2.41. The number of nitriles is 1. The summed E-state index contributed by atoms with van der Waals surface area (Å²) in [6.07, 6.45) is 1.30. The number of anilines is 2. The van der Waals surface area contributed by atoms with Gasteiger partial charge in [-0.1, -0.05) is 0 Å². The molecule has 0 fully saturated rings. The van der Waals surface area contributed by atoms with Crippen LogP contribution in [0.4, 0.5) is 29.1 Å². The maximum atomic E-state index is 13.5. The van der Waals surface area contributed by atoms with Gasteiger partial charge in [-0.3, -0.25) is 0 Å². The summed E-state index contributed by atoms with van der Waals surface area (Å²) in [6.45, 7) is 1.59. The van der Waals surface area contributed by atoms with Crippen molar-refractivity contribution in [1.29, 1.82) is 5.26 Å². The number of nitrogens with one attached hydrogen (secondary N) is 1. The Hall–Kier alpha value is -2.62. The van der Waals surface area contributed by atoms with Crippen LogP contribution in [0.1, 0.15) is 11.1 Å². The van der Waals surface area contributed by atoms with Crippen LogP contribution in [0.3, 0.4) is 0 Å². The van der Waals surface area contributed by atoms with Gasteiger partial charge in [0.1, 0.15) is 17.6 Å². The molecule has 0 radical (unpaired) electrons. The first kappa shape index (κ1) is 13.8. The van der Waals surface area contributed by atoms with Crippen LogP contribution in [-0.2, 0) is 0 Å². The molecule has 3 nitrogen and oxygen atoms in total. The Labute approximate surface area is 111 Å². The van der Waals surface area contributed by atoms with Gasteiger partial charge in [0.2, 0.25) is 0 Å². The highest BCUT2D eigenvalue weighted by Crippen LogP contribution is 2.28. The van der Waals surface area contributed by atoms with E-state index in [4.69, 9.17) is 5.26 Å². The van der Waals surface area contributed by atoms with Crippen molar-refractivity contribution in [1.82, 2.24) is 4.98 Å². The second-order valence-electron chi connectivity index (χ2n) is 3.93. The van der Waals surface area contributed by atoms with Gasteiger partial charge in [-0.15, -0.1) is 0 Å². The number of benzene rings is 1. The minimum Gasteiger partial charge on any atom is -0.334 e. The molecule has 1 aromatic heterocycles. The highest BCUT2D eigenvalue weighted by Gasteiger charge is 2.20. The second kappa shape index (κ2) is 5.17. The van der Waals surface area contributed by atoms with E-state index in [1.54, 1.807) is 13.0 Å². The van der Waals surface area contributed by atoms with Gasteiger partial charge in [0.05, 0.1) is 5.56 Å². The molecule has 102 valence electrons. The summed E-state index contributed by atoms with van der Waals surface area (Å²) in [7, 11) is 0. The van der Waals surface area contributed by atoms with Gasteiger partial charge < -0.3 is 5.32 Å². The standard InChI is InChI=1S/C13H7F4N3/c1-6-2-3-19-13(7(6)5-18)20-12-10(16)8(14)4-9(15)11(12)17/h2-4H,1H3,(H,19,20). The summed E-state index contributed by atoms with van der Waals surface area (Å²) in [6, 6.07) is 3.41. The molecule has 1 aromatic carbocycles. The first-order valence-corrected chi connectivity index (χ1v) is 5.41. The molecule has 0 saturated heterocycles. The second-order valence-corrected chi connectivity index (χ2v) is 3.93. The minimum absolute atomic E-state index is 0.0240. The van der Waals surface area contributed by atoms with E-state index in [1.165, 1.54) is 12.3 Å². The van der Waals surface area contributed by atoms with E-state index in [0.29, 0.717) is 5.56 Å². The summed E-state index contributed by atoms with van der Waals surface area (Å²) < 4.78 is 53.2. The SMILES string of the molecule is Cc1ccnc(Nc2c(F)c(F)cc(F)c2F)c1C#N. The van der Waals surface area contributed by atoms with Crippen molar-refractivity contribution in [3.05, 3.63) is 52.7 Å². The highest BCUT2D eigenvalue weighted by atomic mass is 19.2. The van der Waals surface area contributed by atoms with Crippen molar-refractivity contribution < 1.29 is 17.6 Å². The van der Waals surface area contributed by atoms with Crippen LogP contribution in [0.2, 0.25) is 0 Å². The lowest BCUT2D eigenvalue weighted by Gasteiger charge is -2.11. The van der Waals surface area contributed by atoms with E-state index in [9.17, 15) is 17.6 Å². The first-order valence-electron chi connectivity index (χ1n) is 5.41. The molecule has 0 atom stereocenters. The van der Waals surface area contributed by atoms with Crippen LogP contribution in [0.15, 0.2) is 18.3 Å². The van der Waals surface area contributed by atoms with E-state index >= 15 is 0 Å². The largest absolute Gasteiger partial charge is 0.334 e. The number of pyridine rings is 1. The van der Waals surface area contributed by atoms with Gasteiger partial charge in [0, 0.05) is 12.3 Å². The summed E-state index contributed by atoms with van der Waals surface area (Å²) in [5.41, 5.74) is -0.504. The summed E-state index contributed by atoms with van der Waals surface area (Å²) in [5.74, 6) is -6.45. The number of nitrogens with zero attached hydrogens (tertiary/aromatic N) is 2.